The van der Waals surface area contributed by atoms with Crippen LogP contribution < -0.4 is 9.46 Å². The molecule has 0 atom stereocenters. The second-order valence-corrected chi connectivity index (χ2v) is 6.08. The van der Waals surface area contributed by atoms with Crippen molar-refractivity contribution in [3.05, 3.63) is 48.5 Å². The first-order chi connectivity index (χ1) is 10.1. The minimum Gasteiger partial charge on any atom is -0.497 e. The lowest BCUT2D eigenvalue weighted by Crippen LogP contribution is -2.13. The third-order valence-electron chi connectivity index (χ3n) is 3.05. The van der Waals surface area contributed by atoms with E-state index in [1.807, 2.05) is 18.2 Å². The summed E-state index contributed by atoms with van der Waals surface area (Å²) in [6, 6.07) is 13.5. The van der Waals surface area contributed by atoms with E-state index in [1.54, 1.807) is 18.2 Å². The minimum absolute atomic E-state index is 0.119. The zero-order valence-electron chi connectivity index (χ0n) is 11.2. The zero-order chi connectivity index (χ0) is 14.9. The van der Waals surface area contributed by atoms with Crippen LogP contribution in [0.5, 0.6) is 5.75 Å². The van der Waals surface area contributed by atoms with Gasteiger partial charge in [-0.15, -0.1) is 0 Å². The Balaban J connectivity index is 1.99. The number of aromatic amines is 1. The third kappa shape index (κ3) is 2.55. The van der Waals surface area contributed by atoms with E-state index >= 15 is 0 Å². The van der Waals surface area contributed by atoms with Crippen LogP contribution in [-0.4, -0.2) is 25.7 Å². The van der Waals surface area contributed by atoms with Crippen molar-refractivity contribution in [2.75, 3.05) is 11.8 Å². The number of methoxy groups -OCH3 is 1. The zero-order valence-corrected chi connectivity index (χ0v) is 12.0. The van der Waals surface area contributed by atoms with Crippen molar-refractivity contribution >= 4 is 26.7 Å². The number of fused-ring (bicyclic) bond motifs is 1. The topological polar surface area (TPSA) is 84.1 Å². The third-order valence-corrected chi connectivity index (χ3v) is 4.39. The minimum atomic E-state index is -3.72. The molecule has 108 valence electrons. The predicted molar refractivity (Wildman–Crippen MR) is 79.9 cm³/mol. The predicted octanol–water partition coefficient (Wildman–Crippen LogP) is 2.37. The summed E-state index contributed by atoms with van der Waals surface area (Å²) in [6.45, 7) is 0. The number of H-pyrrole nitrogens is 1. The largest absolute Gasteiger partial charge is 0.497 e. The van der Waals surface area contributed by atoms with Crippen LogP contribution in [0, 0.1) is 0 Å². The molecule has 2 N–H and O–H groups in total. The summed E-state index contributed by atoms with van der Waals surface area (Å²) in [4.78, 5) is 0.119. The van der Waals surface area contributed by atoms with Crippen LogP contribution in [-0.2, 0) is 10.0 Å². The Morgan fingerprint density at radius 1 is 1.14 bits per heavy atom. The number of benzene rings is 2. The van der Waals surface area contributed by atoms with Crippen molar-refractivity contribution < 1.29 is 13.2 Å². The van der Waals surface area contributed by atoms with Crippen molar-refractivity contribution in [1.82, 2.24) is 10.2 Å². The SMILES string of the molecule is COc1cccc(S(=O)(=O)Nc2n[nH]c3ccccc23)c1. The highest BCUT2D eigenvalue weighted by Crippen LogP contribution is 2.24. The van der Waals surface area contributed by atoms with Crippen LogP contribution >= 0.6 is 0 Å². The summed E-state index contributed by atoms with van der Waals surface area (Å²) in [5.74, 6) is 0.748. The molecule has 0 bridgehead atoms. The van der Waals surface area contributed by atoms with Crippen molar-refractivity contribution in [2.24, 2.45) is 0 Å². The first-order valence-corrected chi connectivity index (χ1v) is 7.68. The van der Waals surface area contributed by atoms with Gasteiger partial charge in [-0.3, -0.25) is 9.82 Å². The van der Waals surface area contributed by atoms with Gasteiger partial charge in [0.25, 0.3) is 10.0 Å². The maximum Gasteiger partial charge on any atom is 0.263 e. The number of rotatable bonds is 4. The molecule has 0 spiro atoms. The molecular weight excluding hydrogens is 290 g/mol. The van der Waals surface area contributed by atoms with Crippen LogP contribution in [0.15, 0.2) is 53.4 Å². The van der Waals surface area contributed by atoms with Gasteiger partial charge in [0.1, 0.15) is 5.75 Å². The Hall–Kier alpha value is -2.54. The summed E-state index contributed by atoms with van der Waals surface area (Å²) in [5, 5.41) is 7.50. The molecule has 0 aliphatic carbocycles. The normalized spacial score (nSPS) is 11.5. The Kier molecular flexibility index (Phi) is 3.26. The number of ether oxygens (including phenoxy) is 1. The molecule has 0 aliphatic heterocycles. The standard InChI is InChI=1S/C14H13N3O3S/c1-20-10-5-4-6-11(9-10)21(18,19)17-14-12-7-2-3-8-13(12)15-16-14/h2-9H,1H3,(H2,15,16,17). The molecule has 7 heteroatoms. The number of hydrogen-bond acceptors (Lipinski definition) is 4. The van der Waals surface area contributed by atoms with Gasteiger partial charge in [-0.1, -0.05) is 18.2 Å². The second kappa shape index (κ2) is 5.10. The van der Waals surface area contributed by atoms with Gasteiger partial charge in [0.15, 0.2) is 5.82 Å². The molecule has 6 nitrogen and oxygen atoms in total. The number of nitrogens with zero attached hydrogens (tertiary/aromatic N) is 1. The van der Waals surface area contributed by atoms with E-state index in [0.29, 0.717) is 11.1 Å². The first kappa shape index (κ1) is 13.4. The summed E-state index contributed by atoms with van der Waals surface area (Å²) in [7, 11) is -2.23. The average Bonchev–Trinajstić information content (AvgIpc) is 2.90. The molecule has 0 fully saturated rings. The smallest absolute Gasteiger partial charge is 0.263 e. The van der Waals surface area contributed by atoms with Crippen molar-refractivity contribution in [2.45, 2.75) is 4.90 Å². The summed E-state index contributed by atoms with van der Waals surface area (Å²) in [6.07, 6.45) is 0. The van der Waals surface area contributed by atoms with Gasteiger partial charge in [-0.05, 0) is 24.3 Å². The number of anilines is 1. The molecule has 0 radical (unpaired) electrons. The molecule has 0 saturated carbocycles. The summed E-state index contributed by atoms with van der Waals surface area (Å²) < 4.78 is 32.3. The molecule has 21 heavy (non-hydrogen) atoms. The highest BCUT2D eigenvalue weighted by molar-refractivity contribution is 7.92. The second-order valence-electron chi connectivity index (χ2n) is 4.40. The monoisotopic (exact) mass is 303 g/mol. The maximum absolute atomic E-state index is 12.4. The molecule has 3 rings (SSSR count). The van der Waals surface area contributed by atoms with Crippen molar-refractivity contribution in [3.8, 4) is 5.75 Å². The quantitative estimate of drug-likeness (QED) is 0.775. The highest BCUT2D eigenvalue weighted by atomic mass is 32.2. The van der Waals surface area contributed by atoms with E-state index in [-0.39, 0.29) is 10.7 Å². The molecule has 1 aromatic heterocycles. The van der Waals surface area contributed by atoms with Gasteiger partial charge in [0, 0.05) is 11.5 Å². The van der Waals surface area contributed by atoms with Gasteiger partial charge >= 0.3 is 0 Å². The Bertz CT molecular complexity index is 887. The van der Waals surface area contributed by atoms with Crippen LogP contribution in [0.1, 0.15) is 0 Å². The van der Waals surface area contributed by atoms with Crippen molar-refractivity contribution in [3.63, 3.8) is 0 Å². The van der Waals surface area contributed by atoms with E-state index in [9.17, 15) is 8.42 Å². The van der Waals surface area contributed by atoms with Gasteiger partial charge < -0.3 is 4.74 Å². The molecule has 0 unspecified atom stereocenters. The Labute approximate surface area is 121 Å². The fourth-order valence-electron chi connectivity index (χ4n) is 2.00. The fourth-order valence-corrected chi connectivity index (χ4v) is 3.05. The van der Waals surface area contributed by atoms with Crippen LogP contribution in [0.4, 0.5) is 5.82 Å². The van der Waals surface area contributed by atoms with E-state index in [0.717, 1.165) is 5.52 Å². The van der Waals surface area contributed by atoms with E-state index in [4.69, 9.17) is 4.74 Å². The molecule has 1 heterocycles. The Morgan fingerprint density at radius 3 is 2.76 bits per heavy atom. The fraction of sp³-hybridized carbons (Fsp3) is 0.0714. The molecule has 0 saturated heterocycles. The maximum atomic E-state index is 12.4. The highest BCUT2D eigenvalue weighted by Gasteiger charge is 2.17. The van der Waals surface area contributed by atoms with Gasteiger partial charge in [-0.25, -0.2) is 8.42 Å². The Morgan fingerprint density at radius 2 is 1.95 bits per heavy atom. The van der Waals surface area contributed by atoms with E-state index < -0.39 is 10.0 Å². The number of aromatic nitrogens is 2. The van der Waals surface area contributed by atoms with E-state index in [1.165, 1.54) is 19.2 Å². The number of hydrogen-bond donors (Lipinski definition) is 2. The summed E-state index contributed by atoms with van der Waals surface area (Å²) in [5.41, 5.74) is 0.765. The van der Waals surface area contributed by atoms with E-state index in [2.05, 4.69) is 14.9 Å². The number of para-hydroxylation sites is 1. The van der Waals surface area contributed by atoms with Crippen LogP contribution in [0.3, 0.4) is 0 Å². The molecule has 0 amide bonds. The van der Waals surface area contributed by atoms with Gasteiger partial charge in [0.05, 0.1) is 17.5 Å². The van der Waals surface area contributed by atoms with Crippen LogP contribution in [0.25, 0.3) is 10.9 Å². The lowest BCUT2D eigenvalue weighted by molar-refractivity contribution is 0.413. The molecule has 0 aliphatic rings. The number of sulfonamides is 1. The van der Waals surface area contributed by atoms with Gasteiger partial charge in [-0.2, -0.15) is 5.10 Å². The first-order valence-electron chi connectivity index (χ1n) is 6.20. The lowest BCUT2D eigenvalue weighted by atomic mass is 10.2. The molecule has 3 aromatic rings. The molecular formula is C14H13N3O3S. The summed E-state index contributed by atoms with van der Waals surface area (Å²) >= 11 is 0. The average molecular weight is 303 g/mol. The number of nitrogens with one attached hydrogen (secondary N) is 2. The van der Waals surface area contributed by atoms with Crippen molar-refractivity contribution in [1.29, 1.82) is 0 Å². The van der Waals surface area contributed by atoms with Crippen LogP contribution in [0.2, 0.25) is 0 Å². The lowest BCUT2D eigenvalue weighted by Gasteiger charge is -2.07. The van der Waals surface area contributed by atoms with Gasteiger partial charge in [0.2, 0.25) is 0 Å². The molecule has 2 aromatic carbocycles.